The third kappa shape index (κ3) is 4.92. The van der Waals surface area contributed by atoms with Crippen molar-refractivity contribution in [2.45, 2.75) is 25.9 Å². The molecule has 2 aromatic heterocycles. The van der Waals surface area contributed by atoms with Gasteiger partial charge >= 0.3 is 0 Å². The number of amides is 1. The first-order valence-electron chi connectivity index (χ1n) is 10.0. The van der Waals surface area contributed by atoms with Crippen molar-refractivity contribution < 1.29 is 4.79 Å². The number of carbonyl (C=O) groups excluding carboxylic acids is 1. The molecule has 0 radical (unpaired) electrons. The van der Waals surface area contributed by atoms with Crippen LogP contribution in [0.4, 0.5) is 5.69 Å². The summed E-state index contributed by atoms with van der Waals surface area (Å²) in [6.07, 6.45) is 3.46. The Hall–Kier alpha value is -2.97. The molecule has 1 amide bonds. The van der Waals surface area contributed by atoms with Gasteiger partial charge in [-0.3, -0.25) is 14.3 Å². The molecule has 2 heterocycles. The number of aryl methyl sites for hydroxylation is 3. The molecule has 0 bridgehead atoms. The van der Waals surface area contributed by atoms with E-state index in [4.69, 9.17) is 0 Å². The second-order valence-electron chi connectivity index (χ2n) is 7.44. The predicted molar refractivity (Wildman–Crippen MR) is 132 cm³/mol. The number of nitrogens with one attached hydrogen (secondary N) is 1. The van der Waals surface area contributed by atoms with Gasteiger partial charge in [-0.1, -0.05) is 33.8 Å². The molecule has 4 aromatic rings. The van der Waals surface area contributed by atoms with Crippen molar-refractivity contribution in [3.8, 4) is 17.1 Å². The summed E-state index contributed by atoms with van der Waals surface area (Å²) in [5.41, 5.74) is 6.05. The zero-order chi connectivity index (χ0) is 22.7. The summed E-state index contributed by atoms with van der Waals surface area (Å²) in [6, 6.07) is 15.8. The number of halogens is 1. The number of hydrogen-bond acceptors (Lipinski definition) is 5. The summed E-state index contributed by atoms with van der Waals surface area (Å²) in [5, 5.41) is 12.5. The van der Waals surface area contributed by atoms with Gasteiger partial charge in [0.15, 0.2) is 11.0 Å². The highest BCUT2D eigenvalue weighted by atomic mass is 79.9. The molecule has 0 unspecified atom stereocenters. The fraction of sp³-hybridized carbons (Fsp3) is 0.167. The fourth-order valence-corrected chi connectivity index (χ4v) is 4.46. The maximum absolute atomic E-state index is 12.6. The molecular weight excluding hydrogens is 486 g/mol. The summed E-state index contributed by atoms with van der Waals surface area (Å²) in [7, 11) is 0. The van der Waals surface area contributed by atoms with Crippen LogP contribution in [0.2, 0.25) is 0 Å². The highest BCUT2D eigenvalue weighted by Crippen LogP contribution is 2.29. The molecule has 0 aliphatic rings. The second kappa shape index (κ2) is 9.67. The first-order valence-corrected chi connectivity index (χ1v) is 11.8. The van der Waals surface area contributed by atoms with Crippen LogP contribution >= 0.6 is 27.7 Å². The molecule has 4 rings (SSSR count). The monoisotopic (exact) mass is 507 g/mol. The van der Waals surface area contributed by atoms with Crippen LogP contribution in [0, 0.1) is 20.8 Å². The molecule has 0 fully saturated rings. The van der Waals surface area contributed by atoms with Crippen molar-refractivity contribution in [3.05, 3.63) is 82.1 Å². The number of benzene rings is 2. The van der Waals surface area contributed by atoms with Crippen LogP contribution in [0.25, 0.3) is 17.1 Å². The molecule has 6 nitrogen and oxygen atoms in total. The van der Waals surface area contributed by atoms with Crippen molar-refractivity contribution in [1.82, 2.24) is 19.7 Å². The maximum Gasteiger partial charge on any atom is 0.234 e. The minimum Gasteiger partial charge on any atom is -0.325 e. The van der Waals surface area contributed by atoms with Gasteiger partial charge in [-0.05, 0) is 79.9 Å². The Kier molecular flexibility index (Phi) is 6.72. The molecule has 0 aliphatic heterocycles. The Labute approximate surface area is 199 Å². The number of rotatable bonds is 6. The van der Waals surface area contributed by atoms with Gasteiger partial charge < -0.3 is 5.32 Å². The highest BCUT2D eigenvalue weighted by Gasteiger charge is 2.18. The molecule has 32 heavy (non-hydrogen) atoms. The van der Waals surface area contributed by atoms with E-state index in [1.165, 1.54) is 22.9 Å². The molecule has 2 aromatic carbocycles. The van der Waals surface area contributed by atoms with Crippen LogP contribution in [-0.2, 0) is 4.79 Å². The Morgan fingerprint density at radius 2 is 1.75 bits per heavy atom. The third-order valence-corrected chi connectivity index (χ3v) is 6.54. The van der Waals surface area contributed by atoms with Gasteiger partial charge in [0.1, 0.15) is 0 Å². The molecule has 162 valence electrons. The highest BCUT2D eigenvalue weighted by molar-refractivity contribution is 9.10. The van der Waals surface area contributed by atoms with E-state index in [-0.39, 0.29) is 11.7 Å². The van der Waals surface area contributed by atoms with Gasteiger partial charge in [0.2, 0.25) is 5.91 Å². The molecule has 1 N–H and O–H groups in total. The number of nitrogens with zero attached hydrogens (tertiary/aromatic N) is 4. The number of aromatic nitrogens is 4. The van der Waals surface area contributed by atoms with E-state index >= 15 is 0 Å². The van der Waals surface area contributed by atoms with E-state index in [2.05, 4.69) is 62.4 Å². The average molecular weight is 508 g/mol. The molecule has 0 saturated heterocycles. The minimum absolute atomic E-state index is 0.0967. The van der Waals surface area contributed by atoms with Crippen molar-refractivity contribution in [2.75, 3.05) is 11.1 Å². The normalized spacial score (nSPS) is 10.9. The van der Waals surface area contributed by atoms with Crippen molar-refractivity contribution in [3.63, 3.8) is 0 Å². The van der Waals surface area contributed by atoms with Crippen LogP contribution in [-0.4, -0.2) is 31.4 Å². The van der Waals surface area contributed by atoms with Crippen LogP contribution in [0.5, 0.6) is 0 Å². The lowest BCUT2D eigenvalue weighted by atomic mass is 10.1. The number of anilines is 1. The van der Waals surface area contributed by atoms with Gasteiger partial charge in [0.05, 0.1) is 11.4 Å². The summed E-state index contributed by atoms with van der Waals surface area (Å²) in [4.78, 5) is 16.7. The third-order valence-electron chi connectivity index (χ3n) is 5.12. The molecule has 0 saturated carbocycles. The molecule has 8 heteroatoms. The Balaban J connectivity index is 1.61. The minimum atomic E-state index is -0.0967. The van der Waals surface area contributed by atoms with Gasteiger partial charge in [-0.25, -0.2) is 0 Å². The smallest absolute Gasteiger partial charge is 0.234 e. The topological polar surface area (TPSA) is 72.7 Å². The SMILES string of the molecule is Cc1ccc(-n2c(SCC(=O)Nc3ccc(Br)cc3C)nnc2-c2ccncc2)cc1C. The van der Waals surface area contributed by atoms with E-state index in [9.17, 15) is 4.79 Å². The van der Waals surface area contributed by atoms with E-state index < -0.39 is 0 Å². The first kappa shape index (κ1) is 22.2. The maximum atomic E-state index is 12.6. The van der Waals surface area contributed by atoms with Gasteiger partial charge in [-0.2, -0.15) is 0 Å². The van der Waals surface area contributed by atoms with E-state index in [1.54, 1.807) is 12.4 Å². The van der Waals surface area contributed by atoms with Crippen molar-refractivity contribution in [2.24, 2.45) is 0 Å². The standard InChI is InChI=1S/C24H22BrN5OS/c1-15-4-6-20(13-16(15)2)30-23(18-8-10-26-11-9-18)28-29-24(30)32-14-22(31)27-21-7-5-19(25)12-17(21)3/h4-13H,14H2,1-3H3,(H,27,31). The van der Waals surface area contributed by atoms with E-state index in [0.717, 1.165) is 27.0 Å². The Morgan fingerprint density at radius 1 is 0.969 bits per heavy atom. The number of carbonyl (C=O) groups is 1. The average Bonchev–Trinajstić information content (AvgIpc) is 3.21. The van der Waals surface area contributed by atoms with Crippen molar-refractivity contribution >= 4 is 39.3 Å². The first-order chi connectivity index (χ1) is 15.4. The fourth-order valence-electron chi connectivity index (χ4n) is 3.23. The molecule has 0 spiro atoms. The summed E-state index contributed by atoms with van der Waals surface area (Å²) in [5.74, 6) is 0.831. The second-order valence-corrected chi connectivity index (χ2v) is 9.30. The van der Waals surface area contributed by atoms with Crippen LogP contribution in [0.3, 0.4) is 0 Å². The van der Waals surface area contributed by atoms with E-state index in [0.29, 0.717) is 11.0 Å². The van der Waals surface area contributed by atoms with Crippen LogP contribution in [0.1, 0.15) is 16.7 Å². The quantitative estimate of drug-likeness (QED) is 0.336. The zero-order valence-corrected chi connectivity index (χ0v) is 20.4. The molecule has 0 atom stereocenters. The zero-order valence-electron chi connectivity index (χ0n) is 18.0. The summed E-state index contributed by atoms with van der Waals surface area (Å²) >= 11 is 4.80. The number of pyridine rings is 1. The van der Waals surface area contributed by atoms with Crippen LogP contribution < -0.4 is 5.32 Å². The Bertz CT molecular complexity index is 1270. The molecule has 0 aliphatic carbocycles. The largest absolute Gasteiger partial charge is 0.325 e. The lowest BCUT2D eigenvalue weighted by Gasteiger charge is -2.12. The lowest BCUT2D eigenvalue weighted by Crippen LogP contribution is -2.15. The molecular formula is C24H22BrN5OS. The number of thioether (sulfide) groups is 1. The summed E-state index contributed by atoms with van der Waals surface area (Å²) in [6.45, 7) is 6.13. The summed E-state index contributed by atoms with van der Waals surface area (Å²) < 4.78 is 2.97. The van der Waals surface area contributed by atoms with E-state index in [1.807, 2.05) is 47.9 Å². The number of hydrogen-bond donors (Lipinski definition) is 1. The Morgan fingerprint density at radius 3 is 2.47 bits per heavy atom. The lowest BCUT2D eigenvalue weighted by molar-refractivity contribution is -0.113. The van der Waals surface area contributed by atoms with Crippen molar-refractivity contribution in [1.29, 1.82) is 0 Å². The van der Waals surface area contributed by atoms with Gasteiger partial charge in [0, 0.05) is 28.1 Å². The van der Waals surface area contributed by atoms with Gasteiger partial charge in [-0.15, -0.1) is 10.2 Å². The predicted octanol–water partition coefficient (Wildman–Crippen LogP) is 5.75. The van der Waals surface area contributed by atoms with Gasteiger partial charge in [0.25, 0.3) is 0 Å². The van der Waals surface area contributed by atoms with Crippen LogP contribution in [0.15, 0.2) is 70.6 Å².